The molecule has 3 atom stereocenters. The Kier molecular flexibility index (Phi) is 6.20. The summed E-state index contributed by atoms with van der Waals surface area (Å²) in [7, 11) is 0. The molecular formula is C23H27NO5. The molecule has 0 fully saturated rings. The molecule has 0 saturated heterocycles. The van der Waals surface area contributed by atoms with Crippen LogP contribution in [-0.2, 0) is 23.9 Å². The lowest BCUT2D eigenvalue weighted by atomic mass is 9.69. The summed E-state index contributed by atoms with van der Waals surface area (Å²) in [4.78, 5) is 38.9. The maximum atomic E-state index is 13.5. The van der Waals surface area contributed by atoms with Gasteiger partial charge < -0.3 is 14.8 Å². The van der Waals surface area contributed by atoms with Crippen LogP contribution in [0.1, 0.15) is 45.6 Å². The van der Waals surface area contributed by atoms with Crippen molar-refractivity contribution in [1.29, 1.82) is 0 Å². The van der Waals surface area contributed by atoms with E-state index in [4.69, 9.17) is 9.47 Å². The molecular weight excluding hydrogens is 370 g/mol. The third-order valence-corrected chi connectivity index (χ3v) is 5.46. The zero-order valence-electron chi connectivity index (χ0n) is 17.3. The monoisotopic (exact) mass is 397 g/mol. The van der Waals surface area contributed by atoms with Gasteiger partial charge in [-0.25, -0.2) is 4.79 Å². The number of ether oxygens (including phenoxy) is 2. The first-order valence-electron chi connectivity index (χ1n) is 10.0. The maximum Gasteiger partial charge on any atom is 0.336 e. The molecule has 0 spiro atoms. The normalized spacial score (nSPS) is 24.0. The van der Waals surface area contributed by atoms with Crippen LogP contribution in [0.4, 0.5) is 0 Å². The summed E-state index contributed by atoms with van der Waals surface area (Å²) in [5, 5.41) is 3.25. The Morgan fingerprint density at radius 3 is 2.38 bits per heavy atom. The van der Waals surface area contributed by atoms with Gasteiger partial charge in [0.15, 0.2) is 5.78 Å². The highest BCUT2D eigenvalue weighted by molar-refractivity contribution is 6.12. The molecule has 29 heavy (non-hydrogen) atoms. The first-order chi connectivity index (χ1) is 13.9. The molecule has 1 aromatic rings. The Labute approximate surface area is 171 Å². The van der Waals surface area contributed by atoms with Crippen molar-refractivity contribution in [2.75, 3.05) is 13.2 Å². The second kappa shape index (κ2) is 8.64. The number of dihydropyridines is 1. The van der Waals surface area contributed by atoms with E-state index in [9.17, 15) is 14.4 Å². The second-order valence-electron chi connectivity index (χ2n) is 7.40. The number of nitrogens with one attached hydrogen (secondary N) is 1. The molecule has 3 rings (SSSR count). The van der Waals surface area contributed by atoms with Crippen molar-refractivity contribution < 1.29 is 23.9 Å². The van der Waals surface area contributed by atoms with E-state index in [1.807, 2.05) is 44.2 Å². The highest BCUT2D eigenvalue weighted by Crippen LogP contribution is 2.45. The van der Waals surface area contributed by atoms with Gasteiger partial charge in [0.1, 0.15) is 5.92 Å². The third kappa shape index (κ3) is 3.84. The van der Waals surface area contributed by atoms with Gasteiger partial charge in [0.25, 0.3) is 0 Å². The predicted octanol–water partition coefficient (Wildman–Crippen LogP) is 3.25. The zero-order chi connectivity index (χ0) is 21.1. The van der Waals surface area contributed by atoms with Crippen LogP contribution in [-0.4, -0.2) is 30.9 Å². The average molecular weight is 397 g/mol. The largest absolute Gasteiger partial charge is 0.465 e. The van der Waals surface area contributed by atoms with E-state index in [0.29, 0.717) is 23.3 Å². The van der Waals surface area contributed by atoms with Crippen LogP contribution in [0.25, 0.3) is 0 Å². The maximum absolute atomic E-state index is 13.5. The Balaban J connectivity index is 2.14. The quantitative estimate of drug-likeness (QED) is 0.607. The number of Topliss-reactive ketones (excluding diaryl/α,β-unsaturated/α-hetero) is 1. The Bertz CT molecular complexity index is 884. The van der Waals surface area contributed by atoms with Crippen molar-refractivity contribution in [3.8, 4) is 0 Å². The SMILES string of the molecule is CCOC(=O)C1=C(C)NC2=C(C(=O)C(C(=O)OCC)C(C)C2)C1c1ccccc1. The molecule has 6 heteroatoms. The van der Waals surface area contributed by atoms with Gasteiger partial charge in [-0.15, -0.1) is 0 Å². The van der Waals surface area contributed by atoms with Crippen molar-refractivity contribution in [2.24, 2.45) is 11.8 Å². The number of allylic oxidation sites excluding steroid dienone is 3. The fraction of sp³-hybridized carbons (Fsp3) is 0.435. The summed E-state index contributed by atoms with van der Waals surface area (Å²) in [5.74, 6) is -2.90. The summed E-state index contributed by atoms with van der Waals surface area (Å²) in [5.41, 5.74) is 3.12. The minimum atomic E-state index is -0.872. The van der Waals surface area contributed by atoms with Crippen LogP contribution in [0.5, 0.6) is 0 Å². The Hall–Kier alpha value is -2.89. The van der Waals surface area contributed by atoms with Gasteiger partial charge >= 0.3 is 11.9 Å². The van der Waals surface area contributed by atoms with Crippen LogP contribution >= 0.6 is 0 Å². The fourth-order valence-electron chi connectivity index (χ4n) is 4.24. The number of hydrogen-bond acceptors (Lipinski definition) is 6. The van der Waals surface area contributed by atoms with Gasteiger partial charge in [-0.05, 0) is 38.7 Å². The molecule has 0 amide bonds. The first kappa shape index (κ1) is 20.8. The van der Waals surface area contributed by atoms with E-state index in [0.717, 1.165) is 11.3 Å². The molecule has 3 unspecified atom stereocenters. The lowest BCUT2D eigenvalue weighted by Crippen LogP contribution is -2.43. The van der Waals surface area contributed by atoms with Crippen molar-refractivity contribution >= 4 is 17.7 Å². The molecule has 1 heterocycles. The number of rotatable bonds is 5. The highest BCUT2D eigenvalue weighted by Gasteiger charge is 2.47. The molecule has 1 aromatic carbocycles. The van der Waals surface area contributed by atoms with Crippen LogP contribution in [0.2, 0.25) is 0 Å². The van der Waals surface area contributed by atoms with Crippen molar-refractivity contribution in [1.82, 2.24) is 5.32 Å². The summed E-state index contributed by atoms with van der Waals surface area (Å²) in [6, 6.07) is 9.39. The Morgan fingerprint density at radius 1 is 1.10 bits per heavy atom. The number of benzene rings is 1. The van der Waals surface area contributed by atoms with E-state index in [1.165, 1.54) is 0 Å². The van der Waals surface area contributed by atoms with Crippen LogP contribution < -0.4 is 5.32 Å². The molecule has 1 aliphatic heterocycles. The van der Waals surface area contributed by atoms with Crippen LogP contribution in [0, 0.1) is 11.8 Å². The molecule has 154 valence electrons. The number of ketones is 1. The van der Waals surface area contributed by atoms with E-state index in [-0.39, 0.29) is 24.9 Å². The lowest BCUT2D eigenvalue weighted by molar-refractivity contribution is -0.153. The van der Waals surface area contributed by atoms with Crippen LogP contribution in [0.15, 0.2) is 52.9 Å². The smallest absolute Gasteiger partial charge is 0.336 e. The van der Waals surface area contributed by atoms with E-state index < -0.39 is 23.8 Å². The van der Waals surface area contributed by atoms with Crippen molar-refractivity contribution in [2.45, 2.75) is 40.0 Å². The Morgan fingerprint density at radius 2 is 1.76 bits per heavy atom. The predicted molar refractivity (Wildman–Crippen MR) is 108 cm³/mol. The number of carbonyl (C=O) groups excluding carboxylic acids is 3. The molecule has 0 radical (unpaired) electrons. The topological polar surface area (TPSA) is 81.7 Å². The molecule has 1 N–H and O–H groups in total. The van der Waals surface area contributed by atoms with Gasteiger partial charge in [0.05, 0.1) is 18.8 Å². The molecule has 0 aromatic heterocycles. The zero-order valence-corrected chi connectivity index (χ0v) is 17.3. The summed E-state index contributed by atoms with van der Waals surface area (Å²) in [6.07, 6.45) is 0.529. The lowest BCUT2D eigenvalue weighted by Gasteiger charge is -2.38. The van der Waals surface area contributed by atoms with Crippen LogP contribution in [0.3, 0.4) is 0 Å². The summed E-state index contributed by atoms with van der Waals surface area (Å²) in [6.45, 7) is 7.62. The van der Waals surface area contributed by atoms with Gasteiger partial charge in [-0.1, -0.05) is 37.3 Å². The van der Waals surface area contributed by atoms with Gasteiger partial charge in [0.2, 0.25) is 0 Å². The fourth-order valence-corrected chi connectivity index (χ4v) is 4.24. The number of carbonyl (C=O) groups is 3. The number of hydrogen-bond donors (Lipinski definition) is 1. The van der Waals surface area contributed by atoms with Crippen molar-refractivity contribution in [3.05, 3.63) is 58.4 Å². The standard InChI is InChI=1S/C23H27NO5/c1-5-28-22(26)17-13(3)12-16-20(21(17)25)19(15-10-8-7-9-11-15)18(14(4)24-16)23(27)29-6-2/h7-11,13,17,19,24H,5-6,12H2,1-4H3. The van der Waals surface area contributed by atoms with Gasteiger partial charge in [0, 0.05) is 22.9 Å². The van der Waals surface area contributed by atoms with Gasteiger partial charge in [-0.2, -0.15) is 0 Å². The van der Waals surface area contributed by atoms with E-state index in [1.54, 1.807) is 13.8 Å². The molecule has 0 saturated carbocycles. The molecule has 0 bridgehead atoms. The average Bonchev–Trinajstić information content (AvgIpc) is 2.67. The first-order valence-corrected chi connectivity index (χ1v) is 10.0. The van der Waals surface area contributed by atoms with E-state index >= 15 is 0 Å². The van der Waals surface area contributed by atoms with Gasteiger partial charge in [-0.3, -0.25) is 9.59 Å². The highest BCUT2D eigenvalue weighted by atomic mass is 16.5. The van der Waals surface area contributed by atoms with E-state index in [2.05, 4.69) is 5.32 Å². The molecule has 1 aliphatic carbocycles. The third-order valence-electron chi connectivity index (χ3n) is 5.46. The summed E-state index contributed by atoms with van der Waals surface area (Å²) >= 11 is 0. The van der Waals surface area contributed by atoms with Crippen molar-refractivity contribution in [3.63, 3.8) is 0 Å². The minimum absolute atomic E-state index is 0.193. The summed E-state index contributed by atoms with van der Waals surface area (Å²) < 4.78 is 10.5. The molecule has 2 aliphatic rings. The number of esters is 2. The minimum Gasteiger partial charge on any atom is -0.465 e. The second-order valence-corrected chi connectivity index (χ2v) is 7.40. The molecule has 6 nitrogen and oxygen atoms in total.